The first-order chi connectivity index (χ1) is 9.66. The third-order valence-corrected chi connectivity index (χ3v) is 4.58. The van der Waals surface area contributed by atoms with Crippen molar-refractivity contribution in [1.82, 2.24) is 5.32 Å². The van der Waals surface area contributed by atoms with Crippen molar-refractivity contribution < 1.29 is 21.6 Å². The van der Waals surface area contributed by atoms with Crippen molar-refractivity contribution in [3.8, 4) is 0 Å². The lowest BCUT2D eigenvalue weighted by atomic mass is 10.2. The molecule has 1 aromatic rings. The first kappa shape index (κ1) is 17.8. The summed E-state index contributed by atoms with van der Waals surface area (Å²) in [7, 11) is -3.74. The van der Waals surface area contributed by atoms with Crippen molar-refractivity contribution in [2.45, 2.75) is 31.7 Å². The van der Waals surface area contributed by atoms with E-state index in [0.717, 1.165) is 18.6 Å². The number of halogens is 3. The molecule has 0 aliphatic rings. The van der Waals surface area contributed by atoms with Crippen LogP contribution in [0.5, 0.6) is 0 Å². The molecule has 0 fully saturated rings. The first-order valence-electron chi connectivity index (χ1n) is 6.56. The molecule has 1 aromatic carbocycles. The number of hydrogen-bond donors (Lipinski definition) is 2. The van der Waals surface area contributed by atoms with Gasteiger partial charge in [-0.15, -0.1) is 0 Å². The number of benzene rings is 1. The van der Waals surface area contributed by atoms with E-state index in [-0.39, 0.29) is 12.2 Å². The van der Waals surface area contributed by atoms with Crippen LogP contribution in [0.25, 0.3) is 0 Å². The monoisotopic (exact) mass is 324 g/mol. The minimum Gasteiger partial charge on any atom is -0.315 e. The molecule has 1 unspecified atom stereocenters. The molecule has 8 heteroatoms. The van der Waals surface area contributed by atoms with Gasteiger partial charge >= 0.3 is 6.18 Å². The van der Waals surface area contributed by atoms with Gasteiger partial charge in [-0.3, -0.25) is 4.72 Å². The van der Waals surface area contributed by atoms with Crippen LogP contribution in [-0.4, -0.2) is 26.8 Å². The summed E-state index contributed by atoms with van der Waals surface area (Å²) in [5.74, 6) is 0. The molecule has 0 spiro atoms. The molecule has 0 amide bonds. The summed E-state index contributed by atoms with van der Waals surface area (Å²) in [5, 5.41) is 2.21. The van der Waals surface area contributed by atoms with E-state index in [1.54, 1.807) is 0 Å². The summed E-state index contributed by atoms with van der Waals surface area (Å²) >= 11 is 0. The maximum Gasteiger partial charge on any atom is 0.416 e. The highest BCUT2D eigenvalue weighted by Gasteiger charge is 2.31. The second kappa shape index (κ2) is 7.13. The van der Waals surface area contributed by atoms with Gasteiger partial charge in [0.1, 0.15) is 0 Å². The maximum absolute atomic E-state index is 12.6. The van der Waals surface area contributed by atoms with Gasteiger partial charge in [0.15, 0.2) is 0 Å². The molecule has 1 rings (SSSR count). The number of rotatable bonds is 7. The summed E-state index contributed by atoms with van der Waals surface area (Å²) < 4.78 is 64.0. The summed E-state index contributed by atoms with van der Waals surface area (Å²) in [6.07, 6.45) is -3.64. The fourth-order valence-electron chi connectivity index (χ4n) is 1.62. The standard InChI is InChI=1S/C13H19F3N2O2S/c1-3-7-17-9-10(2)21(19,20)18-12-6-4-5-11(8-12)13(14,15)16/h4-6,8,10,17-18H,3,7,9H2,1-2H3. The quantitative estimate of drug-likeness (QED) is 0.758. The van der Waals surface area contributed by atoms with Gasteiger partial charge in [-0.05, 0) is 38.1 Å². The Morgan fingerprint density at radius 1 is 1.29 bits per heavy atom. The van der Waals surface area contributed by atoms with Gasteiger partial charge in [0.2, 0.25) is 10.0 Å². The second-order valence-corrected chi connectivity index (χ2v) is 6.84. The van der Waals surface area contributed by atoms with E-state index in [4.69, 9.17) is 0 Å². The third-order valence-electron chi connectivity index (χ3n) is 2.84. The molecule has 0 saturated carbocycles. The predicted molar refractivity (Wildman–Crippen MR) is 76.6 cm³/mol. The Morgan fingerprint density at radius 2 is 1.95 bits per heavy atom. The van der Waals surface area contributed by atoms with Crippen LogP contribution in [-0.2, 0) is 16.2 Å². The molecule has 120 valence electrons. The lowest BCUT2D eigenvalue weighted by Gasteiger charge is -2.16. The highest BCUT2D eigenvalue weighted by molar-refractivity contribution is 7.93. The fraction of sp³-hybridized carbons (Fsp3) is 0.538. The summed E-state index contributed by atoms with van der Waals surface area (Å²) in [6, 6.07) is 4.13. The van der Waals surface area contributed by atoms with E-state index >= 15 is 0 Å². The maximum atomic E-state index is 12.6. The number of sulfonamides is 1. The van der Waals surface area contributed by atoms with Gasteiger partial charge in [0.05, 0.1) is 10.8 Å². The Bertz CT molecular complexity index is 559. The van der Waals surface area contributed by atoms with E-state index < -0.39 is 27.0 Å². The average molecular weight is 324 g/mol. The molecule has 0 aromatic heterocycles. The molecule has 21 heavy (non-hydrogen) atoms. The summed E-state index contributed by atoms with van der Waals surface area (Å²) in [6.45, 7) is 4.37. The molecule has 0 aliphatic heterocycles. The molecule has 0 heterocycles. The normalized spacial score (nSPS) is 14.0. The van der Waals surface area contributed by atoms with E-state index in [1.807, 2.05) is 6.92 Å². The molecule has 0 bridgehead atoms. The molecule has 0 aliphatic carbocycles. The summed E-state index contributed by atoms with van der Waals surface area (Å²) in [4.78, 5) is 0. The largest absolute Gasteiger partial charge is 0.416 e. The van der Waals surface area contributed by atoms with E-state index in [2.05, 4.69) is 10.0 Å². The van der Waals surface area contributed by atoms with Crippen LogP contribution < -0.4 is 10.0 Å². The van der Waals surface area contributed by atoms with Crippen LogP contribution in [0.3, 0.4) is 0 Å². The topological polar surface area (TPSA) is 58.2 Å². The highest BCUT2D eigenvalue weighted by atomic mass is 32.2. The highest BCUT2D eigenvalue weighted by Crippen LogP contribution is 2.30. The minimum absolute atomic E-state index is 0.0906. The van der Waals surface area contributed by atoms with Crippen LogP contribution in [0.2, 0.25) is 0 Å². The van der Waals surface area contributed by atoms with Crippen molar-refractivity contribution in [2.24, 2.45) is 0 Å². The molecule has 0 radical (unpaired) electrons. The van der Waals surface area contributed by atoms with E-state index in [1.165, 1.54) is 19.1 Å². The zero-order valence-electron chi connectivity index (χ0n) is 11.9. The van der Waals surface area contributed by atoms with Gasteiger partial charge in [0, 0.05) is 12.2 Å². The number of anilines is 1. The zero-order valence-corrected chi connectivity index (χ0v) is 12.7. The summed E-state index contributed by atoms with van der Waals surface area (Å²) in [5.41, 5.74) is -0.980. The fourth-order valence-corrected chi connectivity index (χ4v) is 2.61. The number of nitrogens with one attached hydrogen (secondary N) is 2. The van der Waals surface area contributed by atoms with Crippen LogP contribution in [0.1, 0.15) is 25.8 Å². The lowest BCUT2D eigenvalue weighted by molar-refractivity contribution is -0.137. The van der Waals surface area contributed by atoms with Crippen molar-refractivity contribution in [2.75, 3.05) is 17.8 Å². The van der Waals surface area contributed by atoms with Crippen LogP contribution in [0, 0.1) is 0 Å². The Labute approximate surface area is 122 Å². The first-order valence-corrected chi connectivity index (χ1v) is 8.11. The van der Waals surface area contributed by atoms with Crippen molar-refractivity contribution >= 4 is 15.7 Å². The van der Waals surface area contributed by atoms with Crippen molar-refractivity contribution in [3.05, 3.63) is 29.8 Å². The number of hydrogen-bond acceptors (Lipinski definition) is 3. The molecular formula is C13H19F3N2O2S. The van der Waals surface area contributed by atoms with E-state index in [9.17, 15) is 21.6 Å². The number of alkyl halides is 3. The van der Waals surface area contributed by atoms with Crippen molar-refractivity contribution in [3.63, 3.8) is 0 Å². The third kappa shape index (κ3) is 5.55. The molecular weight excluding hydrogens is 305 g/mol. The smallest absolute Gasteiger partial charge is 0.315 e. The average Bonchev–Trinajstić information content (AvgIpc) is 2.37. The lowest BCUT2D eigenvalue weighted by Crippen LogP contribution is -2.35. The Hall–Kier alpha value is -1.28. The van der Waals surface area contributed by atoms with Crippen LogP contribution in [0.4, 0.5) is 18.9 Å². The Kier molecular flexibility index (Phi) is 6.03. The van der Waals surface area contributed by atoms with Crippen LogP contribution in [0.15, 0.2) is 24.3 Å². The molecule has 2 N–H and O–H groups in total. The second-order valence-electron chi connectivity index (χ2n) is 4.74. The zero-order chi connectivity index (χ0) is 16.1. The van der Waals surface area contributed by atoms with Gasteiger partial charge in [-0.2, -0.15) is 13.2 Å². The predicted octanol–water partition coefficient (Wildman–Crippen LogP) is 2.84. The van der Waals surface area contributed by atoms with Crippen molar-refractivity contribution in [1.29, 1.82) is 0 Å². The molecule has 4 nitrogen and oxygen atoms in total. The van der Waals surface area contributed by atoms with E-state index in [0.29, 0.717) is 6.54 Å². The van der Waals surface area contributed by atoms with Gasteiger partial charge in [-0.25, -0.2) is 8.42 Å². The van der Waals surface area contributed by atoms with Gasteiger partial charge in [0.25, 0.3) is 0 Å². The van der Waals surface area contributed by atoms with Gasteiger partial charge < -0.3 is 5.32 Å². The van der Waals surface area contributed by atoms with Gasteiger partial charge in [-0.1, -0.05) is 13.0 Å². The Balaban J connectivity index is 2.80. The van der Waals surface area contributed by atoms with Crippen LogP contribution >= 0.6 is 0 Å². The molecule has 1 atom stereocenters. The SMILES string of the molecule is CCCNCC(C)S(=O)(=O)Nc1cccc(C(F)(F)F)c1. The molecule has 0 saturated heterocycles. The minimum atomic E-state index is -4.50. The Morgan fingerprint density at radius 3 is 2.52 bits per heavy atom.